The molecule has 0 aromatic heterocycles. The second-order valence-corrected chi connectivity index (χ2v) is 5.31. The van der Waals surface area contributed by atoms with E-state index >= 15 is 0 Å². The van der Waals surface area contributed by atoms with Crippen molar-refractivity contribution in [2.75, 3.05) is 26.3 Å². The molecule has 0 bridgehead atoms. The Kier molecular flexibility index (Phi) is 3.90. The molecule has 1 unspecified atom stereocenters. The molecule has 1 amide bonds. The quantitative estimate of drug-likeness (QED) is 0.748. The molecular weight excluding hydrogens is 234 g/mol. The highest BCUT2D eigenvalue weighted by Gasteiger charge is 2.58. The molecule has 5 heteroatoms. The molecule has 0 aromatic rings. The summed E-state index contributed by atoms with van der Waals surface area (Å²) in [5.74, 6) is -0.789. The summed E-state index contributed by atoms with van der Waals surface area (Å²) in [7, 11) is 0. The number of likely N-dealkylation sites (tertiary alicyclic amines) is 1. The van der Waals surface area contributed by atoms with Crippen LogP contribution in [0.4, 0.5) is 0 Å². The molecule has 0 aromatic carbocycles. The minimum atomic E-state index is -1.09. The maximum atomic E-state index is 12.2. The van der Waals surface area contributed by atoms with Gasteiger partial charge in [-0.3, -0.25) is 9.59 Å². The van der Waals surface area contributed by atoms with E-state index in [4.69, 9.17) is 9.84 Å². The number of ether oxygens (including phenoxy) is 1. The highest BCUT2D eigenvalue weighted by Crippen LogP contribution is 2.47. The third-order valence-corrected chi connectivity index (χ3v) is 3.93. The van der Waals surface area contributed by atoms with E-state index in [0.717, 1.165) is 12.8 Å². The topological polar surface area (TPSA) is 66.8 Å². The van der Waals surface area contributed by atoms with Crippen molar-refractivity contribution >= 4 is 11.9 Å². The van der Waals surface area contributed by atoms with E-state index in [1.165, 1.54) is 0 Å². The van der Waals surface area contributed by atoms with Gasteiger partial charge in [0.15, 0.2) is 0 Å². The third kappa shape index (κ3) is 2.51. The van der Waals surface area contributed by atoms with Crippen LogP contribution in [0.2, 0.25) is 0 Å². The maximum absolute atomic E-state index is 12.2. The number of carboxylic acid groups (broad SMARTS) is 1. The Labute approximate surface area is 107 Å². The summed E-state index contributed by atoms with van der Waals surface area (Å²) in [4.78, 5) is 25.1. The molecule has 2 fully saturated rings. The lowest BCUT2D eigenvalue weighted by Gasteiger charge is -2.34. The van der Waals surface area contributed by atoms with Gasteiger partial charge in [-0.25, -0.2) is 0 Å². The zero-order chi connectivity index (χ0) is 13.2. The second-order valence-electron chi connectivity index (χ2n) is 5.31. The summed E-state index contributed by atoms with van der Waals surface area (Å²) in [5.41, 5.74) is -1.09. The molecular formula is C13H21NO4. The average molecular weight is 255 g/mol. The van der Waals surface area contributed by atoms with Gasteiger partial charge in [0.05, 0.1) is 6.61 Å². The van der Waals surface area contributed by atoms with E-state index in [-0.39, 0.29) is 5.91 Å². The smallest absolute Gasteiger partial charge is 0.319 e. The van der Waals surface area contributed by atoms with Crippen molar-refractivity contribution in [2.45, 2.75) is 32.6 Å². The summed E-state index contributed by atoms with van der Waals surface area (Å²) >= 11 is 0. The number of nitrogens with zero attached hydrogens (tertiary/aromatic N) is 1. The molecule has 2 aliphatic rings. The minimum absolute atomic E-state index is 0.184. The van der Waals surface area contributed by atoms with Gasteiger partial charge in [-0.15, -0.1) is 0 Å². The molecule has 1 aliphatic heterocycles. The Morgan fingerprint density at radius 2 is 2.17 bits per heavy atom. The van der Waals surface area contributed by atoms with Crippen molar-refractivity contribution in [2.24, 2.45) is 11.3 Å². The largest absolute Gasteiger partial charge is 0.480 e. The van der Waals surface area contributed by atoms with Crippen LogP contribution in [0.1, 0.15) is 32.6 Å². The first-order valence-electron chi connectivity index (χ1n) is 6.70. The van der Waals surface area contributed by atoms with E-state index in [9.17, 15) is 9.59 Å². The van der Waals surface area contributed by atoms with Gasteiger partial charge in [0.1, 0.15) is 5.41 Å². The van der Waals surface area contributed by atoms with E-state index in [1.54, 1.807) is 4.90 Å². The molecule has 102 valence electrons. The van der Waals surface area contributed by atoms with Gasteiger partial charge in [-0.05, 0) is 38.5 Å². The molecule has 1 aliphatic carbocycles. The van der Waals surface area contributed by atoms with Crippen LogP contribution in [0.5, 0.6) is 0 Å². The molecule has 0 spiro atoms. The van der Waals surface area contributed by atoms with E-state index in [1.807, 2.05) is 6.92 Å². The molecule has 1 N–H and O–H groups in total. The minimum Gasteiger partial charge on any atom is -0.480 e. The Bertz CT molecular complexity index is 338. The normalized spacial score (nSPS) is 25.8. The number of piperidine rings is 1. The lowest BCUT2D eigenvalue weighted by atomic mass is 9.96. The highest BCUT2D eigenvalue weighted by atomic mass is 16.5. The van der Waals surface area contributed by atoms with Crippen LogP contribution in [-0.4, -0.2) is 48.2 Å². The van der Waals surface area contributed by atoms with Crippen molar-refractivity contribution < 1.29 is 19.4 Å². The number of hydrogen-bond acceptors (Lipinski definition) is 3. The van der Waals surface area contributed by atoms with Gasteiger partial charge in [-0.2, -0.15) is 0 Å². The lowest BCUT2D eigenvalue weighted by Crippen LogP contribution is -2.46. The Morgan fingerprint density at radius 1 is 1.44 bits per heavy atom. The SMILES string of the molecule is CCOCC1CCCN(C(=O)C2(C(=O)O)CC2)C1. The first-order valence-corrected chi connectivity index (χ1v) is 6.70. The van der Waals surface area contributed by atoms with Gasteiger partial charge in [0.2, 0.25) is 5.91 Å². The summed E-state index contributed by atoms with van der Waals surface area (Å²) in [6, 6.07) is 0. The maximum Gasteiger partial charge on any atom is 0.319 e. The van der Waals surface area contributed by atoms with Crippen molar-refractivity contribution in [1.82, 2.24) is 4.90 Å². The van der Waals surface area contributed by atoms with Crippen molar-refractivity contribution in [1.29, 1.82) is 0 Å². The first kappa shape index (κ1) is 13.3. The van der Waals surface area contributed by atoms with Crippen LogP contribution in [0.25, 0.3) is 0 Å². The first-order chi connectivity index (χ1) is 8.60. The number of aliphatic carboxylic acids is 1. The van der Waals surface area contributed by atoms with Crippen LogP contribution in [0.15, 0.2) is 0 Å². The van der Waals surface area contributed by atoms with Crippen LogP contribution in [0.3, 0.4) is 0 Å². The summed E-state index contributed by atoms with van der Waals surface area (Å²) in [5, 5.41) is 9.14. The van der Waals surface area contributed by atoms with Gasteiger partial charge >= 0.3 is 5.97 Å². The Hall–Kier alpha value is -1.10. The van der Waals surface area contributed by atoms with Crippen LogP contribution in [0, 0.1) is 11.3 Å². The lowest BCUT2D eigenvalue weighted by molar-refractivity contribution is -0.154. The number of carbonyl (C=O) groups excluding carboxylic acids is 1. The van der Waals surface area contributed by atoms with Gasteiger partial charge < -0.3 is 14.7 Å². The van der Waals surface area contributed by atoms with Crippen molar-refractivity contribution in [3.05, 3.63) is 0 Å². The van der Waals surface area contributed by atoms with Crippen LogP contribution < -0.4 is 0 Å². The average Bonchev–Trinajstić information content (AvgIpc) is 3.17. The summed E-state index contributed by atoms with van der Waals surface area (Å²) < 4.78 is 5.40. The molecule has 1 atom stereocenters. The molecule has 0 radical (unpaired) electrons. The van der Waals surface area contributed by atoms with E-state index < -0.39 is 11.4 Å². The van der Waals surface area contributed by atoms with E-state index in [2.05, 4.69) is 0 Å². The number of rotatable bonds is 5. The monoisotopic (exact) mass is 255 g/mol. The number of carboxylic acids is 1. The second kappa shape index (κ2) is 5.26. The number of hydrogen-bond donors (Lipinski definition) is 1. The molecule has 1 heterocycles. The zero-order valence-corrected chi connectivity index (χ0v) is 10.9. The Balaban J connectivity index is 1.92. The molecule has 5 nitrogen and oxygen atoms in total. The third-order valence-electron chi connectivity index (χ3n) is 3.93. The summed E-state index contributed by atoms with van der Waals surface area (Å²) in [6.45, 7) is 4.64. The molecule has 18 heavy (non-hydrogen) atoms. The van der Waals surface area contributed by atoms with Crippen LogP contribution >= 0.6 is 0 Å². The highest BCUT2D eigenvalue weighted by molar-refractivity contribution is 6.04. The standard InChI is InChI=1S/C13H21NO4/c1-2-18-9-10-4-3-7-14(8-10)11(15)13(5-6-13)12(16)17/h10H,2-9H2,1H3,(H,16,17). The fourth-order valence-corrected chi connectivity index (χ4v) is 2.62. The number of carbonyl (C=O) groups is 2. The Morgan fingerprint density at radius 3 is 2.72 bits per heavy atom. The zero-order valence-electron chi connectivity index (χ0n) is 10.9. The predicted molar refractivity (Wildman–Crippen MR) is 65.1 cm³/mol. The van der Waals surface area contributed by atoms with Crippen molar-refractivity contribution in [3.8, 4) is 0 Å². The van der Waals surface area contributed by atoms with E-state index in [0.29, 0.717) is 45.1 Å². The van der Waals surface area contributed by atoms with Crippen LogP contribution in [-0.2, 0) is 14.3 Å². The van der Waals surface area contributed by atoms with Gasteiger partial charge in [-0.1, -0.05) is 0 Å². The molecule has 1 saturated heterocycles. The fourth-order valence-electron chi connectivity index (χ4n) is 2.62. The van der Waals surface area contributed by atoms with Gasteiger partial charge in [0, 0.05) is 19.7 Å². The van der Waals surface area contributed by atoms with Crippen molar-refractivity contribution in [3.63, 3.8) is 0 Å². The molecule has 1 saturated carbocycles. The molecule has 2 rings (SSSR count). The number of amides is 1. The predicted octanol–water partition coefficient (Wildman–Crippen LogP) is 1.13. The fraction of sp³-hybridized carbons (Fsp3) is 0.846. The summed E-state index contributed by atoms with van der Waals surface area (Å²) in [6.07, 6.45) is 2.99. The van der Waals surface area contributed by atoms with Gasteiger partial charge in [0.25, 0.3) is 0 Å².